The van der Waals surface area contributed by atoms with Crippen molar-refractivity contribution in [3.8, 4) is 17.2 Å². The molecule has 1 aromatic heterocycles. The van der Waals surface area contributed by atoms with Crippen LogP contribution in [0.25, 0.3) is 11.5 Å². The molecule has 0 atom stereocenters. The number of aryl methyl sites for hydroxylation is 2. The second-order valence-corrected chi connectivity index (χ2v) is 6.45. The fraction of sp³-hybridized carbons (Fsp3) is 0.286. The molecule has 0 saturated carbocycles. The lowest BCUT2D eigenvalue weighted by molar-refractivity contribution is -0.120. The number of fused-ring (bicyclic) bond motifs is 1. The number of hydrogen-bond donors (Lipinski definition) is 0. The molecule has 4 rings (SSSR count). The van der Waals surface area contributed by atoms with Gasteiger partial charge in [0.05, 0.1) is 0 Å². The van der Waals surface area contributed by atoms with Crippen molar-refractivity contribution in [2.75, 3.05) is 18.1 Å². The molecule has 0 radical (unpaired) electrons. The summed E-state index contributed by atoms with van der Waals surface area (Å²) >= 11 is 0. The van der Waals surface area contributed by atoms with E-state index in [1.165, 1.54) is 5.56 Å². The van der Waals surface area contributed by atoms with E-state index in [1.54, 1.807) is 0 Å². The van der Waals surface area contributed by atoms with Crippen molar-refractivity contribution in [1.82, 2.24) is 10.2 Å². The summed E-state index contributed by atoms with van der Waals surface area (Å²) in [6.07, 6.45) is 2.66. The van der Waals surface area contributed by atoms with Crippen LogP contribution >= 0.6 is 0 Å². The molecule has 1 aliphatic rings. The lowest BCUT2D eigenvalue weighted by Crippen LogP contribution is -2.38. The van der Waals surface area contributed by atoms with E-state index in [0.29, 0.717) is 24.0 Å². The van der Waals surface area contributed by atoms with Crippen molar-refractivity contribution in [1.29, 1.82) is 0 Å². The fourth-order valence-corrected chi connectivity index (χ4v) is 3.25. The maximum absolute atomic E-state index is 12.7. The standard InChI is InChI=1S/C21H21N3O3/c1-2-19-22-23-21(27-19)16-8-5-10-17(13-16)26-14-20(25)24-12-6-9-15-7-3-4-11-18(15)24/h3-5,7-8,10-11,13H,2,6,9,12,14H2,1H3. The quantitative estimate of drug-likeness (QED) is 0.692. The Balaban J connectivity index is 1.45. The zero-order chi connectivity index (χ0) is 18.6. The summed E-state index contributed by atoms with van der Waals surface area (Å²) in [4.78, 5) is 14.5. The van der Waals surface area contributed by atoms with Crippen LogP contribution < -0.4 is 9.64 Å². The number of nitrogens with zero attached hydrogens (tertiary/aromatic N) is 3. The van der Waals surface area contributed by atoms with Gasteiger partial charge in [-0.2, -0.15) is 0 Å². The number of carbonyl (C=O) groups excluding carboxylic acids is 1. The molecule has 6 heteroatoms. The van der Waals surface area contributed by atoms with E-state index in [-0.39, 0.29) is 12.5 Å². The predicted molar refractivity (Wildman–Crippen MR) is 102 cm³/mol. The Bertz CT molecular complexity index is 951. The molecule has 0 bridgehead atoms. The van der Waals surface area contributed by atoms with Gasteiger partial charge < -0.3 is 14.1 Å². The Kier molecular flexibility index (Phi) is 4.87. The molecule has 2 aromatic carbocycles. The van der Waals surface area contributed by atoms with E-state index in [9.17, 15) is 4.79 Å². The first-order chi connectivity index (χ1) is 13.2. The number of hydrogen-bond acceptors (Lipinski definition) is 5. The largest absolute Gasteiger partial charge is 0.484 e. The number of ether oxygens (including phenoxy) is 1. The molecular weight excluding hydrogens is 342 g/mol. The first kappa shape index (κ1) is 17.3. The van der Waals surface area contributed by atoms with Gasteiger partial charge in [0.25, 0.3) is 5.91 Å². The van der Waals surface area contributed by atoms with Crippen molar-refractivity contribution >= 4 is 11.6 Å². The van der Waals surface area contributed by atoms with Crippen LogP contribution in [0.15, 0.2) is 52.9 Å². The second-order valence-electron chi connectivity index (χ2n) is 6.45. The molecule has 6 nitrogen and oxygen atoms in total. The lowest BCUT2D eigenvalue weighted by atomic mass is 10.0. The summed E-state index contributed by atoms with van der Waals surface area (Å²) < 4.78 is 11.3. The number of anilines is 1. The van der Waals surface area contributed by atoms with E-state index >= 15 is 0 Å². The van der Waals surface area contributed by atoms with Crippen LogP contribution in [-0.4, -0.2) is 29.3 Å². The maximum Gasteiger partial charge on any atom is 0.264 e. The van der Waals surface area contributed by atoms with Crippen LogP contribution in [0, 0.1) is 0 Å². The van der Waals surface area contributed by atoms with Gasteiger partial charge in [-0.25, -0.2) is 0 Å². The summed E-state index contributed by atoms with van der Waals surface area (Å²) in [7, 11) is 0. The first-order valence-corrected chi connectivity index (χ1v) is 9.18. The van der Waals surface area contributed by atoms with Gasteiger partial charge >= 0.3 is 0 Å². The number of rotatable bonds is 5. The molecule has 0 fully saturated rings. The van der Waals surface area contributed by atoms with E-state index in [4.69, 9.17) is 9.15 Å². The zero-order valence-corrected chi connectivity index (χ0v) is 15.2. The van der Waals surface area contributed by atoms with Crippen LogP contribution in [0.3, 0.4) is 0 Å². The van der Waals surface area contributed by atoms with E-state index in [2.05, 4.69) is 16.3 Å². The number of para-hydroxylation sites is 1. The van der Waals surface area contributed by atoms with Gasteiger partial charge in [-0.1, -0.05) is 31.2 Å². The third kappa shape index (κ3) is 3.69. The van der Waals surface area contributed by atoms with Gasteiger partial charge in [0.1, 0.15) is 5.75 Å². The average Bonchev–Trinajstić information content (AvgIpc) is 3.21. The number of amides is 1. The summed E-state index contributed by atoms with van der Waals surface area (Å²) in [5.74, 6) is 1.60. The summed E-state index contributed by atoms with van der Waals surface area (Å²) in [5.41, 5.74) is 2.97. The van der Waals surface area contributed by atoms with Gasteiger partial charge in [-0.15, -0.1) is 10.2 Å². The number of carbonyl (C=O) groups is 1. The Morgan fingerprint density at radius 2 is 2.07 bits per heavy atom. The van der Waals surface area contributed by atoms with Gasteiger partial charge in [-0.05, 0) is 42.7 Å². The van der Waals surface area contributed by atoms with Crippen LogP contribution in [0.1, 0.15) is 24.8 Å². The fourth-order valence-electron chi connectivity index (χ4n) is 3.25. The van der Waals surface area contributed by atoms with Crippen LogP contribution in [0.2, 0.25) is 0 Å². The van der Waals surface area contributed by atoms with Crippen molar-refractivity contribution in [3.63, 3.8) is 0 Å². The maximum atomic E-state index is 12.7. The topological polar surface area (TPSA) is 68.5 Å². The Morgan fingerprint density at radius 1 is 1.19 bits per heavy atom. The van der Waals surface area contributed by atoms with Crippen molar-refractivity contribution < 1.29 is 13.9 Å². The van der Waals surface area contributed by atoms with Gasteiger partial charge in [0.15, 0.2) is 6.61 Å². The zero-order valence-electron chi connectivity index (χ0n) is 15.2. The first-order valence-electron chi connectivity index (χ1n) is 9.18. The van der Waals surface area contributed by atoms with Crippen LogP contribution in [-0.2, 0) is 17.6 Å². The highest BCUT2D eigenvalue weighted by Gasteiger charge is 2.22. The molecule has 27 heavy (non-hydrogen) atoms. The molecular formula is C21H21N3O3. The summed E-state index contributed by atoms with van der Waals surface area (Å²) in [6.45, 7) is 2.67. The summed E-state index contributed by atoms with van der Waals surface area (Å²) in [6, 6.07) is 15.4. The molecule has 3 aromatic rings. The minimum absolute atomic E-state index is 0.0121. The SMILES string of the molecule is CCc1nnc(-c2cccc(OCC(=O)N3CCCc4ccccc43)c2)o1. The highest BCUT2D eigenvalue weighted by molar-refractivity contribution is 5.95. The second kappa shape index (κ2) is 7.61. The average molecular weight is 363 g/mol. The third-order valence-corrected chi connectivity index (χ3v) is 4.62. The molecule has 2 heterocycles. The van der Waals surface area contributed by atoms with E-state index in [0.717, 1.165) is 30.6 Å². The minimum Gasteiger partial charge on any atom is -0.484 e. The number of aromatic nitrogens is 2. The molecule has 0 spiro atoms. The lowest BCUT2D eigenvalue weighted by Gasteiger charge is -2.29. The smallest absolute Gasteiger partial charge is 0.264 e. The molecule has 0 aliphatic carbocycles. The Morgan fingerprint density at radius 3 is 2.93 bits per heavy atom. The van der Waals surface area contributed by atoms with E-state index in [1.807, 2.05) is 54.3 Å². The van der Waals surface area contributed by atoms with Gasteiger partial charge in [0, 0.05) is 24.2 Å². The van der Waals surface area contributed by atoms with Crippen molar-refractivity contribution in [2.45, 2.75) is 26.2 Å². The minimum atomic E-state index is -0.0430. The highest BCUT2D eigenvalue weighted by atomic mass is 16.5. The molecule has 0 saturated heterocycles. The monoisotopic (exact) mass is 363 g/mol. The van der Waals surface area contributed by atoms with Crippen LogP contribution in [0.4, 0.5) is 5.69 Å². The molecule has 0 unspecified atom stereocenters. The van der Waals surface area contributed by atoms with Crippen LogP contribution in [0.5, 0.6) is 5.75 Å². The third-order valence-electron chi connectivity index (χ3n) is 4.62. The van der Waals surface area contributed by atoms with Crippen molar-refractivity contribution in [2.24, 2.45) is 0 Å². The summed E-state index contributed by atoms with van der Waals surface area (Å²) in [5, 5.41) is 8.02. The molecule has 1 amide bonds. The Labute approximate surface area is 157 Å². The predicted octanol–water partition coefficient (Wildman–Crippen LogP) is 3.66. The van der Waals surface area contributed by atoms with Gasteiger partial charge in [0.2, 0.25) is 11.8 Å². The van der Waals surface area contributed by atoms with Gasteiger partial charge in [-0.3, -0.25) is 4.79 Å². The highest BCUT2D eigenvalue weighted by Crippen LogP contribution is 2.27. The van der Waals surface area contributed by atoms with Crippen molar-refractivity contribution in [3.05, 3.63) is 60.0 Å². The van der Waals surface area contributed by atoms with E-state index < -0.39 is 0 Å². The molecule has 138 valence electrons. The number of benzene rings is 2. The molecule has 1 aliphatic heterocycles. The molecule has 0 N–H and O–H groups in total. The Hall–Kier alpha value is -3.15. The normalized spacial score (nSPS) is 13.3.